The van der Waals surface area contributed by atoms with E-state index in [0.29, 0.717) is 18.2 Å². The van der Waals surface area contributed by atoms with Crippen LogP contribution >= 0.6 is 0 Å². The average Bonchev–Trinajstić information content (AvgIpc) is 2.54. The molecule has 1 aliphatic rings. The molecule has 3 rings (SSSR count). The number of rotatable bonds is 3. The van der Waals surface area contributed by atoms with Gasteiger partial charge >= 0.3 is 6.18 Å². The summed E-state index contributed by atoms with van der Waals surface area (Å²) in [6.45, 7) is 1.88. The second-order valence-electron chi connectivity index (χ2n) is 6.07. The number of anilines is 2. The average molecular weight is 365 g/mol. The maximum absolute atomic E-state index is 13.5. The van der Waals surface area contributed by atoms with E-state index in [1.807, 2.05) is 6.92 Å². The largest absolute Gasteiger partial charge is 0.416 e. The van der Waals surface area contributed by atoms with E-state index in [1.165, 1.54) is 0 Å². The minimum atomic E-state index is -4.62. The summed E-state index contributed by atoms with van der Waals surface area (Å²) >= 11 is 0. The van der Waals surface area contributed by atoms with Crippen LogP contribution in [0.3, 0.4) is 0 Å². The maximum Gasteiger partial charge on any atom is 0.416 e. The molecule has 1 atom stereocenters. The van der Waals surface area contributed by atoms with Gasteiger partial charge < -0.3 is 5.32 Å². The van der Waals surface area contributed by atoms with Crippen LogP contribution in [0.1, 0.15) is 24.5 Å². The van der Waals surface area contributed by atoms with Crippen molar-refractivity contribution in [3.05, 3.63) is 59.4 Å². The molecule has 2 N–H and O–H groups in total. The molecule has 0 aromatic heterocycles. The number of hydrazone groups is 1. The third-order valence-electron chi connectivity index (χ3n) is 3.95. The normalized spacial score (nSPS) is 17.5. The molecular formula is C18H15F4N3O. The Hall–Kier alpha value is -2.90. The molecule has 0 radical (unpaired) electrons. The van der Waals surface area contributed by atoms with Crippen molar-refractivity contribution in [2.24, 2.45) is 11.0 Å². The van der Waals surface area contributed by atoms with Crippen molar-refractivity contribution in [3.63, 3.8) is 0 Å². The van der Waals surface area contributed by atoms with Gasteiger partial charge in [0.1, 0.15) is 5.82 Å². The molecule has 1 amide bonds. The van der Waals surface area contributed by atoms with E-state index in [2.05, 4.69) is 15.8 Å². The zero-order valence-electron chi connectivity index (χ0n) is 13.7. The SMILES string of the molecule is C[C@@H]1CC(=O)NN=C1c1ccc(Nc2cc(F)cc(C(F)(F)F)c2)cc1. The van der Waals surface area contributed by atoms with Gasteiger partial charge in [0.05, 0.1) is 11.3 Å². The van der Waals surface area contributed by atoms with Gasteiger partial charge in [0.15, 0.2) is 0 Å². The lowest BCUT2D eigenvalue weighted by Gasteiger charge is -2.19. The van der Waals surface area contributed by atoms with Crippen molar-refractivity contribution in [1.29, 1.82) is 0 Å². The van der Waals surface area contributed by atoms with Crippen molar-refractivity contribution in [2.75, 3.05) is 5.32 Å². The zero-order valence-corrected chi connectivity index (χ0v) is 13.7. The molecule has 0 aliphatic carbocycles. The Balaban J connectivity index is 1.80. The highest BCUT2D eigenvalue weighted by Crippen LogP contribution is 2.32. The predicted octanol–water partition coefficient (Wildman–Crippen LogP) is 4.45. The topological polar surface area (TPSA) is 53.5 Å². The van der Waals surface area contributed by atoms with Crippen molar-refractivity contribution in [1.82, 2.24) is 5.43 Å². The number of nitrogens with zero attached hydrogens (tertiary/aromatic N) is 1. The lowest BCUT2D eigenvalue weighted by Crippen LogP contribution is -2.31. The first kappa shape index (κ1) is 17.9. The molecule has 8 heteroatoms. The third kappa shape index (κ3) is 4.01. The first-order chi connectivity index (χ1) is 12.2. The van der Waals surface area contributed by atoms with Crippen molar-refractivity contribution in [3.8, 4) is 0 Å². The molecule has 1 aliphatic heterocycles. The van der Waals surface area contributed by atoms with Gasteiger partial charge in [-0.1, -0.05) is 19.1 Å². The highest BCUT2D eigenvalue weighted by molar-refractivity contribution is 6.05. The highest BCUT2D eigenvalue weighted by Gasteiger charge is 2.31. The standard InChI is InChI=1S/C18H15F4N3O/c1-10-6-16(26)24-25-17(10)11-2-4-14(5-3-11)23-15-8-12(18(20,21)22)7-13(19)9-15/h2-5,7-10,23H,6H2,1H3,(H,24,26)/t10-/m1/s1. The van der Waals surface area contributed by atoms with Crippen LogP contribution in [0.4, 0.5) is 28.9 Å². The predicted molar refractivity (Wildman–Crippen MR) is 89.6 cm³/mol. The van der Waals surface area contributed by atoms with E-state index in [-0.39, 0.29) is 17.5 Å². The quantitative estimate of drug-likeness (QED) is 0.790. The molecule has 0 unspecified atom stereocenters. The number of hydrogen-bond acceptors (Lipinski definition) is 3. The first-order valence-corrected chi connectivity index (χ1v) is 7.84. The van der Waals surface area contributed by atoms with Gasteiger partial charge in [-0.15, -0.1) is 0 Å². The van der Waals surface area contributed by atoms with Gasteiger partial charge in [0.2, 0.25) is 5.91 Å². The van der Waals surface area contributed by atoms with Gasteiger partial charge in [0.25, 0.3) is 0 Å². The fourth-order valence-electron chi connectivity index (χ4n) is 2.72. The number of halogens is 4. The number of carbonyl (C=O) groups excluding carboxylic acids is 1. The summed E-state index contributed by atoms with van der Waals surface area (Å²) in [6, 6.07) is 9.06. The second-order valence-corrected chi connectivity index (χ2v) is 6.07. The van der Waals surface area contributed by atoms with Crippen LogP contribution in [0.15, 0.2) is 47.6 Å². The summed E-state index contributed by atoms with van der Waals surface area (Å²) in [5.41, 5.74) is 3.38. The molecule has 0 fully saturated rings. The fourth-order valence-corrected chi connectivity index (χ4v) is 2.72. The van der Waals surface area contributed by atoms with Gasteiger partial charge in [-0.2, -0.15) is 18.3 Å². The number of alkyl halides is 3. The van der Waals surface area contributed by atoms with Crippen LogP contribution in [-0.4, -0.2) is 11.6 Å². The van der Waals surface area contributed by atoms with Crippen LogP contribution in [0, 0.1) is 11.7 Å². The van der Waals surface area contributed by atoms with E-state index in [4.69, 9.17) is 0 Å². The lowest BCUT2D eigenvalue weighted by molar-refractivity contribution is -0.137. The van der Waals surface area contributed by atoms with Crippen molar-refractivity contribution in [2.45, 2.75) is 19.5 Å². The Morgan fingerprint density at radius 2 is 1.81 bits per heavy atom. The zero-order chi connectivity index (χ0) is 18.9. The Bertz CT molecular complexity index is 860. The summed E-state index contributed by atoms with van der Waals surface area (Å²) in [5, 5.41) is 6.80. The number of nitrogens with one attached hydrogen (secondary N) is 2. The molecule has 26 heavy (non-hydrogen) atoms. The number of amides is 1. The summed E-state index contributed by atoms with van der Waals surface area (Å²) in [7, 11) is 0. The van der Waals surface area contributed by atoms with Crippen LogP contribution in [0.25, 0.3) is 0 Å². The summed E-state index contributed by atoms with van der Waals surface area (Å²) < 4.78 is 51.8. The Morgan fingerprint density at radius 3 is 2.42 bits per heavy atom. The minimum absolute atomic E-state index is 0.000661. The molecule has 0 bridgehead atoms. The molecule has 2 aromatic rings. The van der Waals surface area contributed by atoms with Crippen LogP contribution < -0.4 is 10.7 Å². The van der Waals surface area contributed by atoms with Crippen LogP contribution in [-0.2, 0) is 11.0 Å². The van der Waals surface area contributed by atoms with Gasteiger partial charge in [0, 0.05) is 23.7 Å². The van der Waals surface area contributed by atoms with Crippen molar-refractivity contribution >= 4 is 23.0 Å². The van der Waals surface area contributed by atoms with E-state index >= 15 is 0 Å². The summed E-state index contributed by atoms with van der Waals surface area (Å²) in [5.74, 6) is -1.16. The molecule has 0 saturated carbocycles. The Morgan fingerprint density at radius 1 is 1.12 bits per heavy atom. The van der Waals surface area contributed by atoms with Crippen molar-refractivity contribution < 1.29 is 22.4 Å². The molecule has 4 nitrogen and oxygen atoms in total. The van der Waals surface area contributed by atoms with Crippen LogP contribution in [0.5, 0.6) is 0 Å². The first-order valence-electron chi connectivity index (χ1n) is 7.84. The van der Waals surface area contributed by atoms with Gasteiger partial charge in [-0.3, -0.25) is 4.79 Å². The molecule has 0 saturated heterocycles. The Kier molecular flexibility index (Phi) is 4.67. The maximum atomic E-state index is 13.5. The second kappa shape index (κ2) is 6.78. The smallest absolute Gasteiger partial charge is 0.355 e. The third-order valence-corrected chi connectivity index (χ3v) is 3.95. The van der Waals surface area contributed by atoms with E-state index in [9.17, 15) is 22.4 Å². The molecular weight excluding hydrogens is 350 g/mol. The lowest BCUT2D eigenvalue weighted by atomic mass is 9.94. The minimum Gasteiger partial charge on any atom is -0.355 e. The molecule has 2 aromatic carbocycles. The number of carbonyl (C=O) groups is 1. The molecule has 1 heterocycles. The molecule has 136 valence electrons. The van der Waals surface area contributed by atoms with Gasteiger partial charge in [-0.05, 0) is 35.9 Å². The number of benzene rings is 2. The fraction of sp³-hybridized carbons (Fsp3) is 0.222. The monoisotopic (exact) mass is 365 g/mol. The Labute approximate surface area is 146 Å². The number of hydrogen-bond donors (Lipinski definition) is 2. The van der Waals surface area contributed by atoms with Gasteiger partial charge in [-0.25, -0.2) is 9.82 Å². The van der Waals surface area contributed by atoms with E-state index in [0.717, 1.165) is 23.4 Å². The van der Waals surface area contributed by atoms with E-state index in [1.54, 1.807) is 24.3 Å². The molecule has 0 spiro atoms. The summed E-state index contributed by atoms with van der Waals surface area (Å²) in [6.07, 6.45) is -4.29. The summed E-state index contributed by atoms with van der Waals surface area (Å²) in [4.78, 5) is 11.3. The van der Waals surface area contributed by atoms with E-state index < -0.39 is 17.6 Å². The van der Waals surface area contributed by atoms with Crippen LogP contribution in [0.2, 0.25) is 0 Å². The highest BCUT2D eigenvalue weighted by atomic mass is 19.4.